The average Bonchev–Trinajstić information content (AvgIpc) is 2.32. The van der Waals surface area contributed by atoms with E-state index in [0.717, 1.165) is 17.3 Å². The summed E-state index contributed by atoms with van der Waals surface area (Å²) in [6.07, 6.45) is 0. The molecule has 0 radical (unpaired) electrons. The number of rotatable bonds is 3. The Balaban J connectivity index is 2.23. The zero-order valence-electron chi connectivity index (χ0n) is 10.7. The van der Waals surface area contributed by atoms with E-state index in [2.05, 4.69) is 5.32 Å². The first-order chi connectivity index (χ1) is 8.97. The Bertz CT molecular complexity index is 596. The molecule has 0 bridgehead atoms. The number of benzene rings is 2. The van der Waals surface area contributed by atoms with Gasteiger partial charge in [-0.3, -0.25) is 0 Å². The molecule has 0 spiro atoms. The van der Waals surface area contributed by atoms with Gasteiger partial charge in [0.2, 0.25) is 0 Å². The van der Waals surface area contributed by atoms with Crippen LogP contribution in [0.1, 0.15) is 24.1 Å². The van der Waals surface area contributed by atoms with Crippen LogP contribution in [-0.2, 0) is 0 Å². The summed E-state index contributed by atoms with van der Waals surface area (Å²) in [7, 11) is 0. The maximum Gasteiger partial charge on any atom is 0.131 e. The zero-order valence-corrected chi connectivity index (χ0v) is 10.7. The van der Waals surface area contributed by atoms with Gasteiger partial charge in [-0.15, -0.1) is 0 Å². The fourth-order valence-corrected chi connectivity index (χ4v) is 1.95. The standard InChI is InChI=1S/C15H14F3N/c1-9-7-11(16)4-6-15(9)19-10(2)13-5-3-12(17)8-14(13)18/h3-8,10,19H,1-2H3. The van der Waals surface area contributed by atoms with Crippen LogP contribution in [0, 0.1) is 24.4 Å². The lowest BCUT2D eigenvalue weighted by Crippen LogP contribution is -2.09. The van der Waals surface area contributed by atoms with Crippen molar-refractivity contribution in [1.29, 1.82) is 0 Å². The second kappa shape index (κ2) is 5.34. The Morgan fingerprint density at radius 1 is 0.947 bits per heavy atom. The molecule has 1 unspecified atom stereocenters. The molecule has 2 rings (SSSR count). The lowest BCUT2D eigenvalue weighted by Gasteiger charge is -2.18. The van der Waals surface area contributed by atoms with Gasteiger partial charge in [0, 0.05) is 17.3 Å². The summed E-state index contributed by atoms with van der Waals surface area (Å²) in [6, 6.07) is 7.46. The van der Waals surface area contributed by atoms with E-state index in [9.17, 15) is 13.2 Å². The molecule has 2 aromatic rings. The van der Waals surface area contributed by atoms with Gasteiger partial charge in [0.25, 0.3) is 0 Å². The molecule has 0 saturated heterocycles. The third kappa shape index (κ3) is 3.08. The second-order valence-electron chi connectivity index (χ2n) is 4.49. The van der Waals surface area contributed by atoms with Crippen LogP contribution in [0.3, 0.4) is 0 Å². The first kappa shape index (κ1) is 13.5. The number of hydrogen-bond donors (Lipinski definition) is 1. The molecule has 0 aliphatic heterocycles. The predicted molar refractivity (Wildman–Crippen MR) is 69.5 cm³/mol. The van der Waals surface area contributed by atoms with Gasteiger partial charge in [-0.05, 0) is 43.7 Å². The summed E-state index contributed by atoms with van der Waals surface area (Å²) in [6.45, 7) is 3.53. The molecule has 1 N–H and O–H groups in total. The van der Waals surface area contributed by atoms with Crippen LogP contribution < -0.4 is 5.32 Å². The minimum Gasteiger partial charge on any atom is -0.378 e. The molecule has 0 heterocycles. The summed E-state index contributed by atoms with van der Waals surface area (Å²) >= 11 is 0. The van der Waals surface area contributed by atoms with Crippen molar-refractivity contribution >= 4 is 5.69 Å². The Morgan fingerprint density at radius 2 is 1.58 bits per heavy atom. The van der Waals surface area contributed by atoms with Crippen molar-refractivity contribution in [3.8, 4) is 0 Å². The summed E-state index contributed by atoms with van der Waals surface area (Å²) in [5.41, 5.74) is 1.82. The molecular weight excluding hydrogens is 251 g/mol. The molecule has 4 heteroatoms. The fraction of sp³-hybridized carbons (Fsp3) is 0.200. The van der Waals surface area contributed by atoms with E-state index < -0.39 is 11.6 Å². The van der Waals surface area contributed by atoms with Gasteiger partial charge in [0.1, 0.15) is 17.5 Å². The molecule has 1 nitrogen and oxygen atoms in total. The highest BCUT2D eigenvalue weighted by Crippen LogP contribution is 2.24. The number of anilines is 1. The SMILES string of the molecule is Cc1cc(F)ccc1NC(C)c1ccc(F)cc1F. The van der Waals surface area contributed by atoms with Crippen molar-refractivity contribution in [2.45, 2.75) is 19.9 Å². The predicted octanol–water partition coefficient (Wildman–Crippen LogP) is 4.59. The summed E-state index contributed by atoms with van der Waals surface area (Å²) in [4.78, 5) is 0. The topological polar surface area (TPSA) is 12.0 Å². The highest BCUT2D eigenvalue weighted by Gasteiger charge is 2.12. The van der Waals surface area contributed by atoms with E-state index >= 15 is 0 Å². The van der Waals surface area contributed by atoms with Crippen LogP contribution in [-0.4, -0.2) is 0 Å². The number of hydrogen-bond acceptors (Lipinski definition) is 1. The Kier molecular flexibility index (Phi) is 3.79. The molecule has 0 aliphatic carbocycles. The molecule has 100 valence electrons. The van der Waals surface area contributed by atoms with E-state index in [0.29, 0.717) is 5.56 Å². The number of halogens is 3. The second-order valence-corrected chi connectivity index (χ2v) is 4.49. The van der Waals surface area contributed by atoms with Crippen LogP contribution in [0.25, 0.3) is 0 Å². The third-order valence-corrected chi connectivity index (χ3v) is 2.99. The van der Waals surface area contributed by atoms with Gasteiger partial charge in [-0.25, -0.2) is 13.2 Å². The van der Waals surface area contributed by atoms with Gasteiger partial charge >= 0.3 is 0 Å². The van der Waals surface area contributed by atoms with Gasteiger partial charge in [-0.1, -0.05) is 6.07 Å². The summed E-state index contributed by atoms with van der Waals surface area (Å²) in [5.74, 6) is -1.52. The van der Waals surface area contributed by atoms with E-state index in [1.165, 1.54) is 24.3 Å². The molecular formula is C15H14F3N. The van der Waals surface area contributed by atoms with Gasteiger partial charge < -0.3 is 5.32 Å². The minimum absolute atomic E-state index is 0.316. The zero-order chi connectivity index (χ0) is 14.0. The van der Waals surface area contributed by atoms with Crippen molar-refractivity contribution in [2.24, 2.45) is 0 Å². The highest BCUT2D eigenvalue weighted by atomic mass is 19.1. The van der Waals surface area contributed by atoms with E-state index in [1.54, 1.807) is 19.9 Å². The monoisotopic (exact) mass is 265 g/mol. The fourth-order valence-electron chi connectivity index (χ4n) is 1.95. The highest BCUT2D eigenvalue weighted by molar-refractivity contribution is 5.52. The molecule has 0 amide bonds. The maximum atomic E-state index is 13.6. The van der Waals surface area contributed by atoms with E-state index in [-0.39, 0.29) is 11.9 Å². The largest absolute Gasteiger partial charge is 0.378 e. The summed E-state index contributed by atoms with van der Waals surface area (Å²) in [5, 5.41) is 3.08. The van der Waals surface area contributed by atoms with Crippen molar-refractivity contribution in [3.05, 3.63) is 65.0 Å². The average molecular weight is 265 g/mol. The van der Waals surface area contributed by atoms with Crippen LogP contribution in [0.4, 0.5) is 18.9 Å². The Hall–Kier alpha value is -1.97. The maximum absolute atomic E-state index is 13.6. The number of aryl methyl sites for hydroxylation is 1. The summed E-state index contributed by atoms with van der Waals surface area (Å²) < 4.78 is 39.5. The first-order valence-corrected chi connectivity index (χ1v) is 5.95. The van der Waals surface area contributed by atoms with Gasteiger partial charge in [-0.2, -0.15) is 0 Å². The molecule has 0 aliphatic rings. The van der Waals surface area contributed by atoms with Crippen molar-refractivity contribution < 1.29 is 13.2 Å². The third-order valence-electron chi connectivity index (χ3n) is 2.99. The minimum atomic E-state index is -0.605. The smallest absolute Gasteiger partial charge is 0.131 e. The van der Waals surface area contributed by atoms with E-state index in [1.807, 2.05) is 0 Å². The molecule has 0 saturated carbocycles. The molecule has 19 heavy (non-hydrogen) atoms. The molecule has 2 aromatic carbocycles. The number of nitrogens with one attached hydrogen (secondary N) is 1. The molecule has 0 fully saturated rings. The quantitative estimate of drug-likeness (QED) is 0.856. The Morgan fingerprint density at radius 3 is 2.21 bits per heavy atom. The first-order valence-electron chi connectivity index (χ1n) is 5.95. The Labute approximate surface area is 110 Å². The lowest BCUT2D eigenvalue weighted by atomic mass is 10.1. The van der Waals surface area contributed by atoms with Gasteiger partial charge in [0.15, 0.2) is 0 Å². The van der Waals surface area contributed by atoms with Crippen molar-refractivity contribution in [3.63, 3.8) is 0 Å². The van der Waals surface area contributed by atoms with Crippen LogP contribution >= 0.6 is 0 Å². The lowest BCUT2D eigenvalue weighted by molar-refractivity contribution is 0.566. The van der Waals surface area contributed by atoms with Crippen LogP contribution in [0.2, 0.25) is 0 Å². The van der Waals surface area contributed by atoms with Crippen LogP contribution in [0.15, 0.2) is 36.4 Å². The molecule has 0 aromatic heterocycles. The van der Waals surface area contributed by atoms with Crippen LogP contribution in [0.5, 0.6) is 0 Å². The molecule has 1 atom stereocenters. The van der Waals surface area contributed by atoms with E-state index in [4.69, 9.17) is 0 Å². The van der Waals surface area contributed by atoms with Crippen molar-refractivity contribution in [2.75, 3.05) is 5.32 Å². The van der Waals surface area contributed by atoms with Crippen molar-refractivity contribution in [1.82, 2.24) is 0 Å². The normalized spacial score (nSPS) is 12.3. The van der Waals surface area contributed by atoms with Gasteiger partial charge in [0.05, 0.1) is 6.04 Å².